The molecule has 2 heterocycles. The van der Waals surface area contributed by atoms with Gasteiger partial charge in [0, 0.05) is 24.1 Å². The van der Waals surface area contributed by atoms with Crippen molar-refractivity contribution in [1.29, 1.82) is 0 Å². The van der Waals surface area contributed by atoms with Gasteiger partial charge in [-0.2, -0.15) is 0 Å². The van der Waals surface area contributed by atoms with Gasteiger partial charge in [-0.25, -0.2) is 0 Å². The van der Waals surface area contributed by atoms with Crippen LogP contribution in [-0.2, 0) is 0 Å². The van der Waals surface area contributed by atoms with Gasteiger partial charge in [0.1, 0.15) is 0 Å². The van der Waals surface area contributed by atoms with E-state index in [1.807, 2.05) is 41.3 Å². The fourth-order valence-electron chi connectivity index (χ4n) is 3.45. The standard InChI is InChI=1S/C17H18N2O2/c18-10-17-7-14(17)8-19(11-17)16(20)15-6-13(9-21-15)12-4-2-1-3-5-12/h1-6,9,14H,7-8,10-11,18H2/t14-,17-/m0/s1. The summed E-state index contributed by atoms with van der Waals surface area (Å²) in [7, 11) is 0. The van der Waals surface area contributed by atoms with Crippen molar-refractivity contribution >= 4 is 5.91 Å². The van der Waals surface area contributed by atoms with Crippen molar-refractivity contribution in [3.8, 4) is 11.1 Å². The van der Waals surface area contributed by atoms with E-state index in [0.717, 1.165) is 24.2 Å². The molecule has 4 heteroatoms. The predicted molar refractivity (Wildman–Crippen MR) is 79.6 cm³/mol. The highest BCUT2D eigenvalue weighted by Gasteiger charge is 2.59. The van der Waals surface area contributed by atoms with Crippen LogP contribution in [0.5, 0.6) is 0 Å². The highest BCUT2D eigenvalue weighted by Crippen LogP contribution is 2.57. The van der Waals surface area contributed by atoms with Crippen LogP contribution in [0, 0.1) is 11.3 Å². The Bertz CT molecular complexity index is 675. The lowest BCUT2D eigenvalue weighted by Gasteiger charge is -2.18. The number of fused-ring (bicyclic) bond motifs is 1. The van der Waals surface area contributed by atoms with Crippen LogP contribution in [0.25, 0.3) is 11.1 Å². The van der Waals surface area contributed by atoms with Crippen LogP contribution >= 0.6 is 0 Å². The lowest BCUT2D eigenvalue weighted by molar-refractivity contribution is 0.0734. The molecule has 0 unspecified atom stereocenters. The third-order valence-electron chi connectivity index (χ3n) is 4.92. The molecule has 4 nitrogen and oxygen atoms in total. The van der Waals surface area contributed by atoms with Crippen LogP contribution in [0.2, 0.25) is 0 Å². The number of rotatable bonds is 3. The van der Waals surface area contributed by atoms with Crippen molar-refractivity contribution in [1.82, 2.24) is 4.90 Å². The smallest absolute Gasteiger partial charge is 0.289 e. The zero-order chi connectivity index (χ0) is 14.4. The number of nitrogens with zero attached hydrogens (tertiary/aromatic N) is 1. The first-order valence-corrected chi connectivity index (χ1v) is 7.35. The predicted octanol–water partition coefficient (Wildman–Crippen LogP) is 2.37. The Labute approximate surface area is 123 Å². The van der Waals surface area contributed by atoms with Crippen LogP contribution < -0.4 is 5.73 Å². The number of carbonyl (C=O) groups is 1. The summed E-state index contributed by atoms with van der Waals surface area (Å²) < 4.78 is 5.49. The van der Waals surface area contributed by atoms with E-state index in [0.29, 0.717) is 18.2 Å². The van der Waals surface area contributed by atoms with Gasteiger partial charge in [-0.3, -0.25) is 4.79 Å². The lowest BCUT2D eigenvalue weighted by Crippen LogP contribution is -2.33. The van der Waals surface area contributed by atoms with E-state index in [-0.39, 0.29) is 11.3 Å². The minimum Gasteiger partial charge on any atom is -0.459 e. The summed E-state index contributed by atoms with van der Waals surface area (Å²) in [6.07, 6.45) is 2.82. The molecule has 1 aromatic heterocycles. The van der Waals surface area contributed by atoms with Gasteiger partial charge in [0.25, 0.3) is 5.91 Å². The minimum atomic E-state index is -0.0165. The number of carbonyl (C=O) groups excluding carboxylic acids is 1. The van der Waals surface area contributed by atoms with Crippen LogP contribution in [0.15, 0.2) is 47.1 Å². The molecule has 2 atom stereocenters. The van der Waals surface area contributed by atoms with E-state index in [1.54, 1.807) is 6.26 Å². The number of likely N-dealkylation sites (tertiary alicyclic amines) is 1. The average Bonchev–Trinajstić information content (AvgIpc) is 2.93. The maximum Gasteiger partial charge on any atom is 0.289 e. The molecule has 0 bridgehead atoms. The Hall–Kier alpha value is -2.07. The van der Waals surface area contributed by atoms with E-state index in [9.17, 15) is 4.79 Å². The molecule has 2 fully saturated rings. The van der Waals surface area contributed by atoms with Crippen LogP contribution in [0.1, 0.15) is 17.0 Å². The normalized spacial score (nSPS) is 26.7. The maximum absolute atomic E-state index is 12.5. The molecule has 1 amide bonds. The summed E-state index contributed by atoms with van der Waals surface area (Å²) in [5.74, 6) is 0.995. The first-order valence-electron chi connectivity index (χ1n) is 7.35. The van der Waals surface area contributed by atoms with Crippen LogP contribution in [0.4, 0.5) is 0 Å². The molecule has 1 saturated carbocycles. The zero-order valence-corrected chi connectivity index (χ0v) is 11.8. The van der Waals surface area contributed by atoms with Crippen molar-refractivity contribution < 1.29 is 9.21 Å². The summed E-state index contributed by atoms with van der Waals surface area (Å²) in [6, 6.07) is 11.8. The summed E-state index contributed by atoms with van der Waals surface area (Å²) in [6.45, 7) is 2.26. The van der Waals surface area contributed by atoms with Crippen LogP contribution in [0.3, 0.4) is 0 Å². The maximum atomic E-state index is 12.5. The monoisotopic (exact) mass is 282 g/mol. The van der Waals surface area contributed by atoms with Gasteiger partial charge in [0.05, 0.1) is 6.26 Å². The third kappa shape index (κ3) is 1.98. The molecule has 2 N–H and O–H groups in total. The van der Waals surface area contributed by atoms with Crippen molar-refractivity contribution in [2.24, 2.45) is 17.1 Å². The molecule has 1 aliphatic heterocycles. The topological polar surface area (TPSA) is 59.5 Å². The highest BCUT2D eigenvalue weighted by molar-refractivity contribution is 5.93. The quantitative estimate of drug-likeness (QED) is 0.940. The van der Waals surface area contributed by atoms with Gasteiger partial charge in [0.15, 0.2) is 5.76 Å². The third-order valence-corrected chi connectivity index (χ3v) is 4.92. The fourth-order valence-corrected chi connectivity index (χ4v) is 3.45. The molecular weight excluding hydrogens is 264 g/mol. The average molecular weight is 282 g/mol. The van der Waals surface area contributed by atoms with Crippen LogP contribution in [-0.4, -0.2) is 30.4 Å². The van der Waals surface area contributed by atoms with Crippen molar-refractivity contribution in [3.05, 3.63) is 48.4 Å². The number of piperidine rings is 1. The summed E-state index contributed by atoms with van der Waals surface area (Å²) in [4.78, 5) is 14.4. The first-order chi connectivity index (χ1) is 10.2. The molecule has 21 heavy (non-hydrogen) atoms. The molecule has 4 rings (SSSR count). The SMILES string of the molecule is NC[C@]12C[C@H]1CN(C(=O)c1cc(-c3ccccc3)co1)C2. The molecule has 1 aromatic carbocycles. The Morgan fingerprint density at radius 3 is 2.86 bits per heavy atom. The Morgan fingerprint density at radius 1 is 1.33 bits per heavy atom. The van der Waals surface area contributed by atoms with Crippen molar-refractivity contribution in [3.63, 3.8) is 0 Å². The number of furan rings is 1. The zero-order valence-electron chi connectivity index (χ0n) is 11.8. The van der Waals surface area contributed by atoms with E-state index >= 15 is 0 Å². The molecule has 2 aliphatic rings. The summed E-state index contributed by atoms with van der Waals surface area (Å²) in [5, 5.41) is 0. The number of hydrogen-bond acceptors (Lipinski definition) is 3. The molecule has 0 spiro atoms. The van der Waals surface area contributed by atoms with E-state index in [2.05, 4.69) is 0 Å². The largest absolute Gasteiger partial charge is 0.459 e. The first kappa shape index (κ1) is 12.7. The molecule has 2 aromatic rings. The Kier molecular flexibility index (Phi) is 2.69. The molecule has 1 aliphatic carbocycles. The second-order valence-corrected chi connectivity index (χ2v) is 6.22. The molecule has 108 valence electrons. The van der Waals surface area contributed by atoms with E-state index in [4.69, 9.17) is 10.2 Å². The van der Waals surface area contributed by atoms with Gasteiger partial charge in [-0.15, -0.1) is 0 Å². The van der Waals surface area contributed by atoms with Gasteiger partial charge < -0.3 is 15.1 Å². The summed E-state index contributed by atoms with van der Waals surface area (Å²) in [5.41, 5.74) is 8.03. The van der Waals surface area contributed by atoms with E-state index < -0.39 is 0 Å². The van der Waals surface area contributed by atoms with Gasteiger partial charge in [-0.1, -0.05) is 30.3 Å². The second kappa shape index (κ2) is 4.46. The number of amides is 1. The van der Waals surface area contributed by atoms with Gasteiger partial charge in [0.2, 0.25) is 0 Å². The number of hydrogen-bond donors (Lipinski definition) is 1. The van der Waals surface area contributed by atoms with Gasteiger partial charge in [-0.05, 0) is 30.5 Å². The van der Waals surface area contributed by atoms with Crippen molar-refractivity contribution in [2.45, 2.75) is 6.42 Å². The Balaban J connectivity index is 1.53. The minimum absolute atomic E-state index is 0.0165. The molecular formula is C17H18N2O2. The molecule has 0 radical (unpaired) electrons. The highest BCUT2D eigenvalue weighted by atomic mass is 16.3. The van der Waals surface area contributed by atoms with E-state index in [1.165, 1.54) is 6.42 Å². The Morgan fingerprint density at radius 2 is 2.14 bits per heavy atom. The second-order valence-electron chi connectivity index (χ2n) is 6.22. The number of benzene rings is 1. The lowest BCUT2D eigenvalue weighted by atomic mass is 10.1. The number of nitrogens with two attached hydrogens (primary N) is 1. The van der Waals surface area contributed by atoms with Crippen molar-refractivity contribution in [2.75, 3.05) is 19.6 Å². The van der Waals surface area contributed by atoms with Gasteiger partial charge >= 0.3 is 0 Å². The fraction of sp³-hybridized carbons (Fsp3) is 0.353. The molecule has 1 saturated heterocycles. The summed E-state index contributed by atoms with van der Waals surface area (Å²) >= 11 is 0.